The fourth-order valence-electron chi connectivity index (χ4n) is 3.10. The molecule has 3 rings (SSSR count). The summed E-state index contributed by atoms with van der Waals surface area (Å²) in [7, 11) is -0.0602. The van der Waals surface area contributed by atoms with Gasteiger partial charge in [0.25, 0.3) is 0 Å². The molecule has 0 spiro atoms. The van der Waals surface area contributed by atoms with Crippen molar-refractivity contribution < 1.29 is 13.9 Å². The molecule has 2 aromatic carbocycles. The zero-order chi connectivity index (χ0) is 22.1. The lowest BCUT2D eigenvalue weighted by molar-refractivity contribution is 0.219. The van der Waals surface area contributed by atoms with E-state index in [1.807, 2.05) is 48.1 Å². The van der Waals surface area contributed by atoms with E-state index in [0.29, 0.717) is 17.7 Å². The van der Waals surface area contributed by atoms with Gasteiger partial charge in [-0.2, -0.15) is 0 Å². The summed E-state index contributed by atoms with van der Waals surface area (Å²) in [4.78, 5) is 4.40. The number of rotatable bonds is 6. The number of aliphatic hydroxyl groups is 1. The molecule has 0 amide bonds. The SMILES string of the molecule is Cn1cnc(-c2ccccc2C(O)c2cc(F)cc(CO[Si](C)(C)C(C)(C)C)c2)c1. The zero-order valence-corrected chi connectivity index (χ0v) is 19.6. The van der Waals surface area contributed by atoms with Gasteiger partial charge < -0.3 is 14.1 Å². The first-order valence-electron chi connectivity index (χ1n) is 10.2. The van der Waals surface area contributed by atoms with Gasteiger partial charge in [0.1, 0.15) is 11.9 Å². The molecule has 0 aliphatic rings. The number of aryl methyl sites for hydroxylation is 1. The Bertz CT molecular complexity index is 1020. The van der Waals surface area contributed by atoms with E-state index in [4.69, 9.17) is 4.43 Å². The van der Waals surface area contributed by atoms with Crippen LogP contribution in [0.2, 0.25) is 18.1 Å². The average Bonchev–Trinajstić information content (AvgIpc) is 3.11. The van der Waals surface area contributed by atoms with Crippen molar-refractivity contribution in [2.45, 2.75) is 51.6 Å². The summed E-state index contributed by atoms with van der Waals surface area (Å²) in [6.07, 6.45) is 2.65. The number of nitrogens with zero attached hydrogens (tertiary/aromatic N) is 2. The first kappa shape index (κ1) is 22.4. The van der Waals surface area contributed by atoms with Crippen molar-refractivity contribution in [3.63, 3.8) is 0 Å². The van der Waals surface area contributed by atoms with E-state index in [9.17, 15) is 9.50 Å². The van der Waals surface area contributed by atoms with Crippen LogP contribution in [0.5, 0.6) is 0 Å². The van der Waals surface area contributed by atoms with Crippen molar-refractivity contribution >= 4 is 8.32 Å². The second-order valence-electron chi connectivity index (χ2n) is 9.36. The monoisotopic (exact) mass is 426 g/mol. The molecule has 0 aliphatic heterocycles. The Kier molecular flexibility index (Phi) is 6.31. The van der Waals surface area contributed by atoms with Gasteiger partial charge >= 0.3 is 0 Å². The van der Waals surface area contributed by atoms with Crippen molar-refractivity contribution in [1.82, 2.24) is 9.55 Å². The van der Waals surface area contributed by atoms with Crippen LogP contribution in [0.15, 0.2) is 55.0 Å². The fourth-order valence-corrected chi connectivity index (χ4v) is 4.06. The van der Waals surface area contributed by atoms with Crippen LogP contribution >= 0.6 is 0 Å². The minimum absolute atomic E-state index is 0.0737. The Morgan fingerprint density at radius 1 is 1.17 bits per heavy atom. The molecule has 0 saturated carbocycles. The van der Waals surface area contributed by atoms with E-state index >= 15 is 0 Å². The number of aliphatic hydroxyl groups excluding tert-OH is 1. The number of aromatic nitrogens is 2. The highest BCUT2D eigenvalue weighted by Crippen LogP contribution is 2.37. The smallest absolute Gasteiger partial charge is 0.192 e. The highest BCUT2D eigenvalue weighted by Gasteiger charge is 2.37. The number of imidazole rings is 1. The molecule has 1 unspecified atom stereocenters. The Morgan fingerprint density at radius 2 is 1.87 bits per heavy atom. The molecule has 0 radical (unpaired) electrons. The van der Waals surface area contributed by atoms with Crippen LogP contribution in [0.3, 0.4) is 0 Å². The van der Waals surface area contributed by atoms with Crippen LogP contribution in [0.25, 0.3) is 11.3 Å². The van der Waals surface area contributed by atoms with Crippen LogP contribution < -0.4 is 0 Å². The molecule has 1 N–H and O–H groups in total. The molecular formula is C24H31FN2O2Si. The lowest BCUT2D eigenvalue weighted by Gasteiger charge is -2.36. The van der Waals surface area contributed by atoms with Gasteiger partial charge in [0.2, 0.25) is 0 Å². The maximum absolute atomic E-state index is 14.4. The van der Waals surface area contributed by atoms with Crippen LogP contribution in [0.4, 0.5) is 4.39 Å². The number of benzene rings is 2. The largest absolute Gasteiger partial charge is 0.413 e. The van der Waals surface area contributed by atoms with Crippen molar-refractivity contribution in [1.29, 1.82) is 0 Å². The molecule has 6 heteroatoms. The minimum atomic E-state index is -1.96. The van der Waals surface area contributed by atoms with Crippen LogP contribution in [-0.4, -0.2) is 23.0 Å². The van der Waals surface area contributed by atoms with Gasteiger partial charge in [-0.1, -0.05) is 51.1 Å². The number of hydrogen-bond donors (Lipinski definition) is 1. The zero-order valence-electron chi connectivity index (χ0n) is 18.6. The first-order chi connectivity index (χ1) is 14.0. The summed E-state index contributed by atoms with van der Waals surface area (Å²) >= 11 is 0. The molecule has 160 valence electrons. The highest BCUT2D eigenvalue weighted by molar-refractivity contribution is 6.74. The van der Waals surface area contributed by atoms with E-state index in [1.54, 1.807) is 6.33 Å². The van der Waals surface area contributed by atoms with Crippen molar-refractivity contribution in [3.8, 4) is 11.3 Å². The topological polar surface area (TPSA) is 47.3 Å². The van der Waals surface area contributed by atoms with Gasteiger partial charge in [0.05, 0.1) is 18.6 Å². The van der Waals surface area contributed by atoms with Gasteiger partial charge in [0.15, 0.2) is 8.32 Å². The maximum Gasteiger partial charge on any atom is 0.192 e. The predicted octanol–water partition coefficient (Wildman–Crippen LogP) is 5.83. The summed E-state index contributed by atoms with van der Waals surface area (Å²) in [5, 5.41) is 11.2. The molecule has 0 saturated heterocycles. The summed E-state index contributed by atoms with van der Waals surface area (Å²) < 4.78 is 22.5. The Morgan fingerprint density at radius 3 is 2.50 bits per heavy atom. The second-order valence-corrected chi connectivity index (χ2v) is 14.2. The van der Waals surface area contributed by atoms with Crippen molar-refractivity contribution in [2.75, 3.05) is 0 Å². The Hall–Kier alpha value is -2.28. The molecule has 1 aromatic heterocycles. The van der Waals surface area contributed by atoms with Crippen molar-refractivity contribution in [2.24, 2.45) is 7.05 Å². The van der Waals surface area contributed by atoms with Crippen LogP contribution in [0, 0.1) is 5.82 Å². The number of hydrogen-bond acceptors (Lipinski definition) is 3. The third-order valence-electron chi connectivity index (χ3n) is 5.94. The molecular weight excluding hydrogens is 395 g/mol. The van der Waals surface area contributed by atoms with E-state index in [-0.39, 0.29) is 10.9 Å². The van der Waals surface area contributed by atoms with Crippen LogP contribution in [0.1, 0.15) is 43.6 Å². The molecule has 1 heterocycles. The molecule has 4 nitrogen and oxygen atoms in total. The molecule has 0 aliphatic carbocycles. The average molecular weight is 427 g/mol. The van der Waals surface area contributed by atoms with Crippen LogP contribution in [-0.2, 0) is 18.1 Å². The lowest BCUT2D eigenvalue weighted by Crippen LogP contribution is -2.40. The third kappa shape index (κ3) is 4.88. The predicted molar refractivity (Wildman–Crippen MR) is 121 cm³/mol. The Balaban J connectivity index is 1.90. The maximum atomic E-state index is 14.4. The van der Waals surface area contributed by atoms with Crippen molar-refractivity contribution in [3.05, 3.63) is 77.5 Å². The molecule has 1 atom stereocenters. The summed E-state index contributed by atoms with van der Waals surface area (Å²) in [6, 6.07) is 12.2. The minimum Gasteiger partial charge on any atom is -0.413 e. The van der Waals surface area contributed by atoms with E-state index in [1.165, 1.54) is 12.1 Å². The summed E-state index contributed by atoms with van der Waals surface area (Å²) in [5.41, 5.74) is 3.52. The summed E-state index contributed by atoms with van der Waals surface area (Å²) in [5.74, 6) is -0.379. The van der Waals surface area contributed by atoms with E-state index in [2.05, 4.69) is 38.8 Å². The van der Waals surface area contributed by atoms with E-state index in [0.717, 1.165) is 16.8 Å². The molecule has 0 fully saturated rings. The molecule has 30 heavy (non-hydrogen) atoms. The highest BCUT2D eigenvalue weighted by atomic mass is 28.4. The normalized spacial score (nSPS) is 13.5. The summed E-state index contributed by atoms with van der Waals surface area (Å²) in [6.45, 7) is 11.2. The second kappa shape index (κ2) is 8.45. The van der Waals surface area contributed by atoms with Gasteiger partial charge in [0, 0.05) is 18.8 Å². The Labute approximate surface area is 179 Å². The van der Waals surface area contributed by atoms with Gasteiger partial charge in [-0.3, -0.25) is 0 Å². The number of halogens is 1. The first-order valence-corrected chi connectivity index (χ1v) is 13.1. The van der Waals surface area contributed by atoms with Gasteiger partial charge in [-0.15, -0.1) is 0 Å². The van der Waals surface area contributed by atoms with E-state index < -0.39 is 14.4 Å². The quantitative estimate of drug-likeness (QED) is 0.505. The lowest BCUT2D eigenvalue weighted by atomic mass is 9.94. The van der Waals surface area contributed by atoms with Gasteiger partial charge in [-0.05, 0) is 47.0 Å². The molecule has 0 bridgehead atoms. The molecule has 3 aromatic rings. The standard InChI is InChI=1S/C24H31FN2O2Si/c1-24(2,3)30(5,6)29-15-17-11-18(13-19(25)12-17)23(28)21-10-8-7-9-20(21)22-14-27(4)16-26-22/h7-14,16,23,28H,15H2,1-6H3. The third-order valence-corrected chi connectivity index (χ3v) is 10.4. The van der Waals surface area contributed by atoms with Gasteiger partial charge in [-0.25, -0.2) is 9.37 Å². The fraction of sp³-hybridized carbons (Fsp3) is 0.375.